The summed E-state index contributed by atoms with van der Waals surface area (Å²) in [5, 5.41) is 0. The standard InChI is InChI=1S/C9H11F3N2O/c10-9(11,12)3-5-15-6-7-2-1-4-14-8(7)13/h1-2,4H,3,5-6H2,(H2,13,14). The second-order valence-electron chi connectivity index (χ2n) is 2.97. The fourth-order valence-electron chi connectivity index (χ4n) is 0.943. The van der Waals surface area contributed by atoms with Gasteiger partial charge in [-0.05, 0) is 6.07 Å². The van der Waals surface area contributed by atoms with Crippen LogP contribution < -0.4 is 5.73 Å². The van der Waals surface area contributed by atoms with Gasteiger partial charge in [0.15, 0.2) is 0 Å². The maximum atomic E-state index is 11.7. The lowest BCUT2D eigenvalue weighted by atomic mass is 10.3. The Hall–Kier alpha value is -1.30. The lowest BCUT2D eigenvalue weighted by Crippen LogP contribution is -2.11. The molecule has 0 amide bonds. The highest BCUT2D eigenvalue weighted by molar-refractivity contribution is 5.37. The third kappa shape index (κ3) is 4.64. The molecule has 0 saturated carbocycles. The molecule has 1 heterocycles. The number of halogens is 3. The molecule has 84 valence electrons. The Morgan fingerprint density at radius 2 is 2.13 bits per heavy atom. The van der Waals surface area contributed by atoms with Gasteiger partial charge in [-0.1, -0.05) is 6.07 Å². The van der Waals surface area contributed by atoms with Crippen molar-refractivity contribution < 1.29 is 17.9 Å². The summed E-state index contributed by atoms with van der Waals surface area (Å²) in [4.78, 5) is 3.78. The van der Waals surface area contributed by atoms with Crippen molar-refractivity contribution >= 4 is 5.82 Å². The number of nitrogen functional groups attached to an aromatic ring is 1. The molecule has 1 aromatic rings. The van der Waals surface area contributed by atoms with Gasteiger partial charge in [0.2, 0.25) is 0 Å². The SMILES string of the molecule is Nc1ncccc1COCCC(F)(F)F. The van der Waals surface area contributed by atoms with Gasteiger partial charge in [0.1, 0.15) is 5.82 Å². The molecule has 0 saturated heterocycles. The predicted octanol–water partition coefficient (Wildman–Crippen LogP) is 2.13. The molecule has 0 aliphatic carbocycles. The van der Waals surface area contributed by atoms with Gasteiger partial charge in [0.05, 0.1) is 19.6 Å². The summed E-state index contributed by atoms with van der Waals surface area (Å²) >= 11 is 0. The van der Waals surface area contributed by atoms with Crippen LogP contribution in [0.15, 0.2) is 18.3 Å². The number of nitrogens with zero attached hydrogens (tertiary/aromatic N) is 1. The van der Waals surface area contributed by atoms with Gasteiger partial charge in [-0.25, -0.2) is 4.98 Å². The van der Waals surface area contributed by atoms with E-state index in [2.05, 4.69) is 4.98 Å². The molecule has 0 fully saturated rings. The number of alkyl halides is 3. The zero-order valence-electron chi connectivity index (χ0n) is 7.92. The molecule has 0 radical (unpaired) electrons. The van der Waals surface area contributed by atoms with Crippen LogP contribution in [0.5, 0.6) is 0 Å². The molecule has 0 aliphatic heterocycles. The first-order valence-corrected chi connectivity index (χ1v) is 4.33. The second kappa shape index (κ2) is 4.97. The largest absolute Gasteiger partial charge is 0.391 e. The lowest BCUT2D eigenvalue weighted by molar-refractivity contribution is -0.146. The maximum absolute atomic E-state index is 11.7. The predicted molar refractivity (Wildman–Crippen MR) is 49.0 cm³/mol. The summed E-state index contributed by atoms with van der Waals surface area (Å²) in [6.07, 6.45) is -3.62. The zero-order chi connectivity index (χ0) is 11.3. The van der Waals surface area contributed by atoms with Crippen molar-refractivity contribution in [2.45, 2.75) is 19.2 Å². The van der Waals surface area contributed by atoms with E-state index in [9.17, 15) is 13.2 Å². The van der Waals surface area contributed by atoms with Crippen molar-refractivity contribution in [1.82, 2.24) is 4.98 Å². The molecule has 0 aliphatic rings. The minimum Gasteiger partial charge on any atom is -0.383 e. The number of ether oxygens (including phenoxy) is 1. The van der Waals surface area contributed by atoms with E-state index in [1.54, 1.807) is 12.1 Å². The number of rotatable bonds is 4. The van der Waals surface area contributed by atoms with Gasteiger partial charge < -0.3 is 10.5 Å². The molecular weight excluding hydrogens is 209 g/mol. The van der Waals surface area contributed by atoms with Gasteiger partial charge in [-0.2, -0.15) is 13.2 Å². The van der Waals surface area contributed by atoms with Gasteiger partial charge in [-0.15, -0.1) is 0 Å². The average Bonchev–Trinajstić information content (AvgIpc) is 2.13. The van der Waals surface area contributed by atoms with Crippen molar-refractivity contribution in [3.05, 3.63) is 23.9 Å². The number of anilines is 1. The van der Waals surface area contributed by atoms with E-state index in [1.807, 2.05) is 0 Å². The summed E-state index contributed by atoms with van der Waals surface area (Å²) in [6, 6.07) is 3.31. The molecular formula is C9H11F3N2O. The third-order valence-corrected chi connectivity index (χ3v) is 1.71. The Morgan fingerprint density at radius 1 is 1.40 bits per heavy atom. The van der Waals surface area contributed by atoms with E-state index < -0.39 is 12.6 Å². The summed E-state index contributed by atoms with van der Waals surface area (Å²) in [6.45, 7) is -0.312. The van der Waals surface area contributed by atoms with Gasteiger partial charge in [0, 0.05) is 11.8 Å². The van der Waals surface area contributed by atoms with Gasteiger partial charge in [0.25, 0.3) is 0 Å². The monoisotopic (exact) mass is 220 g/mol. The Labute approximate surface area is 85.1 Å². The van der Waals surface area contributed by atoms with Crippen LogP contribution in [0.2, 0.25) is 0 Å². The van der Waals surface area contributed by atoms with E-state index in [-0.39, 0.29) is 19.0 Å². The first kappa shape index (κ1) is 11.8. The smallest absolute Gasteiger partial charge is 0.383 e. The van der Waals surface area contributed by atoms with Crippen LogP contribution in [-0.4, -0.2) is 17.8 Å². The molecule has 0 bridgehead atoms. The molecule has 0 unspecified atom stereocenters. The fourth-order valence-corrected chi connectivity index (χ4v) is 0.943. The van der Waals surface area contributed by atoms with Crippen LogP contribution in [0.1, 0.15) is 12.0 Å². The Morgan fingerprint density at radius 3 is 2.73 bits per heavy atom. The number of hydrogen-bond acceptors (Lipinski definition) is 3. The van der Waals surface area contributed by atoms with E-state index in [1.165, 1.54) is 6.20 Å². The summed E-state index contributed by atoms with van der Waals surface area (Å²) in [5.41, 5.74) is 6.07. The normalized spacial score (nSPS) is 11.7. The minimum atomic E-state index is -4.18. The molecule has 6 heteroatoms. The average molecular weight is 220 g/mol. The summed E-state index contributed by atoms with van der Waals surface area (Å²) in [7, 11) is 0. The van der Waals surface area contributed by atoms with E-state index in [0.717, 1.165) is 0 Å². The van der Waals surface area contributed by atoms with Crippen LogP contribution in [0.25, 0.3) is 0 Å². The minimum absolute atomic E-state index is 0.0513. The zero-order valence-corrected chi connectivity index (χ0v) is 7.92. The number of pyridine rings is 1. The third-order valence-electron chi connectivity index (χ3n) is 1.71. The first-order chi connectivity index (χ1) is 6.99. The quantitative estimate of drug-likeness (QED) is 0.791. The maximum Gasteiger partial charge on any atom is 0.391 e. The van der Waals surface area contributed by atoms with Crippen molar-refractivity contribution in [2.24, 2.45) is 0 Å². The number of hydrogen-bond donors (Lipinski definition) is 1. The van der Waals surface area contributed by atoms with Crippen LogP contribution in [-0.2, 0) is 11.3 Å². The second-order valence-corrected chi connectivity index (χ2v) is 2.97. The molecule has 15 heavy (non-hydrogen) atoms. The molecule has 2 N–H and O–H groups in total. The van der Waals surface area contributed by atoms with Gasteiger partial charge >= 0.3 is 6.18 Å². The molecule has 1 aromatic heterocycles. The Balaban J connectivity index is 2.30. The first-order valence-electron chi connectivity index (χ1n) is 4.33. The van der Waals surface area contributed by atoms with Crippen LogP contribution in [0.3, 0.4) is 0 Å². The summed E-state index contributed by atoms with van der Waals surface area (Å²) in [5.74, 6) is 0.282. The van der Waals surface area contributed by atoms with Gasteiger partial charge in [-0.3, -0.25) is 0 Å². The van der Waals surface area contributed by atoms with Crippen molar-refractivity contribution in [3.63, 3.8) is 0 Å². The number of nitrogens with two attached hydrogens (primary N) is 1. The van der Waals surface area contributed by atoms with E-state index in [4.69, 9.17) is 10.5 Å². The molecule has 1 rings (SSSR count). The highest BCUT2D eigenvalue weighted by Crippen LogP contribution is 2.19. The van der Waals surface area contributed by atoms with Crippen molar-refractivity contribution in [2.75, 3.05) is 12.3 Å². The molecule has 3 nitrogen and oxygen atoms in total. The summed E-state index contributed by atoms with van der Waals surface area (Å²) < 4.78 is 40.1. The highest BCUT2D eigenvalue weighted by atomic mass is 19.4. The van der Waals surface area contributed by atoms with E-state index >= 15 is 0 Å². The van der Waals surface area contributed by atoms with Crippen molar-refractivity contribution in [1.29, 1.82) is 0 Å². The lowest BCUT2D eigenvalue weighted by Gasteiger charge is -2.08. The molecule has 0 aromatic carbocycles. The fraction of sp³-hybridized carbons (Fsp3) is 0.444. The number of aromatic nitrogens is 1. The Kier molecular flexibility index (Phi) is 3.90. The van der Waals surface area contributed by atoms with Crippen LogP contribution in [0, 0.1) is 0 Å². The van der Waals surface area contributed by atoms with E-state index in [0.29, 0.717) is 5.56 Å². The van der Waals surface area contributed by atoms with Crippen molar-refractivity contribution in [3.8, 4) is 0 Å². The van der Waals surface area contributed by atoms with Crippen LogP contribution in [0.4, 0.5) is 19.0 Å². The molecule has 0 atom stereocenters. The van der Waals surface area contributed by atoms with Crippen LogP contribution >= 0.6 is 0 Å². The Bertz CT molecular complexity index is 314. The molecule has 0 spiro atoms. The highest BCUT2D eigenvalue weighted by Gasteiger charge is 2.26. The topological polar surface area (TPSA) is 48.1 Å².